The first-order valence-corrected chi connectivity index (χ1v) is 6.59. The molecular weight excluding hydrogens is 242 g/mol. The average molecular weight is 265 g/mol. The first-order valence-electron chi connectivity index (χ1n) is 6.59. The summed E-state index contributed by atoms with van der Waals surface area (Å²) in [7, 11) is 0. The van der Waals surface area contributed by atoms with Crippen molar-refractivity contribution in [3.63, 3.8) is 0 Å². The Morgan fingerprint density at radius 2 is 2.11 bits per heavy atom. The van der Waals surface area contributed by atoms with Crippen molar-refractivity contribution >= 4 is 5.69 Å². The van der Waals surface area contributed by atoms with Crippen LogP contribution in [0.2, 0.25) is 0 Å². The number of aromatic nitrogens is 1. The third-order valence-corrected chi connectivity index (χ3v) is 3.28. The maximum atomic E-state index is 10.7. The predicted molar refractivity (Wildman–Crippen MR) is 76.3 cm³/mol. The highest BCUT2D eigenvalue weighted by molar-refractivity contribution is 5.33. The van der Waals surface area contributed by atoms with Crippen molar-refractivity contribution in [2.24, 2.45) is 5.41 Å². The van der Waals surface area contributed by atoms with Crippen molar-refractivity contribution in [1.29, 1.82) is 0 Å². The molecule has 1 aromatic heterocycles. The van der Waals surface area contributed by atoms with Gasteiger partial charge in [0.05, 0.1) is 4.92 Å². The number of hydrogen-bond donors (Lipinski definition) is 1. The molecular formula is C14H23N3O2. The number of aryl methyl sites for hydroxylation is 1. The molecule has 0 bridgehead atoms. The minimum Gasteiger partial charge on any atom is -0.313 e. The molecule has 0 aliphatic rings. The zero-order valence-electron chi connectivity index (χ0n) is 12.4. The van der Waals surface area contributed by atoms with Crippen molar-refractivity contribution < 1.29 is 4.92 Å². The highest BCUT2D eigenvalue weighted by Gasteiger charge is 2.25. The smallest absolute Gasteiger partial charge is 0.287 e. The Kier molecular flexibility index (Phi) is 5.00. The summed E-state index contributed by atoms with van der Waals surface area (Å²) in [5.41, 5.74) is 1.97. The second kappa shape index (κ2) is 6.10. The minimum absolute atomic E-state index is 0.0528. The normalized spacial score (nSPS) is 13.3. The molecule has 0 spiro atoms. The van der Waals surface area contributed by atoms with Crippen LogP contribution in [0.5, 0.6) is 0 Å². The summed E-state index contributed by atoms with van der Waals surface area (Å²) in [6.07, 6.45) is 2.12. The molecule has 1 aromatic rings. The molecule has 0 aromatic carbocycles. The van der Waals surface area contributed by atoms with Gasteiger partial charge in [-0.3, -0.25) is 15.1 Å². The lowest BCUT2D eigenvalue weighted by Gasteiger charge is -2.31. The van der Waals surface area contributed by atoms with Crippen LogP contribution < -0.4 is 5.32 Å². The van der Waals surface area contributed by atoms with Gasteiger partial charge in [-0.15, -0.1) is 0 Å². The van der Waals surface area contributed by atoms with Crippen LogP contribution in [0.3, 0.4) is 0 Å². The van der Waals surface area contributed by atoms with Crippen LogP contribution in [0.4, 0.5) is 5.69 Å². The Labute approximate surface area is 114 Å². The molecule has 0 aliphatic carbocycles. The van der Waals surface area contributed by atoms with Gasteiger partial charge in [-0.25, -0.2) is 0 Å². The van der Waals surface area contributed by atoms with E-state index in [2.05, 4.69) is 38.0 Å². The first-order chi connectivity index (χ1) is 8.75. The van der Waals surface area contributed by atoms with E-state index in [1.54, 1.807) is 6.07 Å². The molecule has 0 aliphatic heterocycles. The lowest BCUT2D eigenvalue weighted by molar-refractivity contribution is -0.385. The SMILES string of the molecule is CCNC(Cc1ncc([N+](=O)[O-])cc1C)C(C)(C)C. The molecule has 0 saturated carbocycles. The predicted octanol–water partition coefficient (Wildman–Crippen LogP) is 2.86. The van der Waals surface area contributed by atoms with Crippen LogP contribution in [-0.2, 0) is 6.42 Å². The second-order valence-corrected chi connectivity index (χ2v) is 5.89. The van der Waals surface area contributed by atoms with Gasteiger partial charge >= 0.3 is 0 Å². The van der Waals surface area contributed by atoms with Gasteiger partial charge in [0.25, 0.3) is 5.69 Å². The molecule has 1 heterocycles. The number of likely N-dealkylation sites (N-methyl/N-ethyl adjacent to an activating group) is 1. The number of rotatable bonds is 5. The van der Waals surface area contributed by atoms with Gasteiger partial charge in [0.15, 0.2) is 0 Å². The highest BCUT2D eigenvalue weighted by Crippen LogP contribution is 2.24. The van der Waals surface area contributed by atoms with Gasteiger partial charge in [0.1, 0.15) is 6.20 Å². The molecule has 106 valence electrons. The van der Waals surface area contributed by atoms with E-state index >= 15 is 0 Å². The Bertz CT molecular complexity index is 452. The lowest BCUT2D eigenvalue weighted by atomic mass is 9.83. The van der Waals surface area contributed by atoms with E-state index in [-0.39, 0.29) is 11.1 Å². The van der Waals surface area contributed by atoms with Crippen LogP contribution in [0, 0.1) is 22.5 Å². The molecule has 5 heteroatoms. The highest BCUT2D eigenvalue weighted by atomic mass is 16.6. The van der Waals surface area contributed by atoms with Crippen LogP contribution >= 0.6 is 0 Å². The molecule has 1 N–H and O–H groups in total. The Balaban J connectivity index is 2.94. The van der Waals surface area contributed by atoms with E-state index in [0.717, 1.165) is 24.2 Å². The van der Waals surface area contributed by atoms with E-state index < -0.39 is 4.92 Å². The average Bonchev–Trinajstić information content (AvgIpc) is 2.29. The van der Waals surface area contributed by atoms with Crippen molar-refractivity contribution in [3.05, 3.63) is 33.6 Å². The van der Waals surface area contributed by atoms with Crippen LogP contribution in [-0.4, -0.2) is 22.5 Å². The number of nitrogens with zero attached hydrogens (tertiary/aromatic N) is 2. The molecule has 1 unspecified atom stereocenters. The summed E-state index contributed by atoms with van der Waals surface area (Å²) >= 11 is 0. The summed E-state index contributed by atoms with van der Waals surface area (Å²) in [6.45, 7) is 11.4. The minimum atomic E-state index is -0.407. The van der Waals surface area contributed by atoms with Gasteiger partial charge in [0, 0.05) is 24.2 Å². The number of hydrogen-bond acceptors (Lipinski definition) is 4. The van der Waals surface area contributed by atoms with E-state index in [0.29, 0.717) is 6.04 Å². The van der Waals surface area contributed by atoms with E-state index in [4.69, 9.17) is 0 Å². The first kappa shape index (κ1) is 15.6. The molecule has 1 rings (SSSR count). The molecule has 19 heavy (non-hydrogen) atoms. The van der Waals surface area contributed by atoms with Gasteiger partial charge in [0.2, 0.25) is 0 Å². The van der Waals surface area contributed by atoms with Crippen LogP contribution in [0.15, 0.2) is 12.3 Å². The summed E-state index contributed by atoms with van der Waals surface area (Å²) in [6, 6.07) is 1.89. The summed E-state index contributed by atoms with van der Waals surface area (Å²) in [4.78, 5) is 14.5. The maximum Gasteiger partial charge on any atom is 0.287 e. The molecule has 1 atom stereocenters. The van der Waals surface area contributed by atoms with Crippen molar-refractivity contribution in [2.75, 3.05) is 6.54 Å². The molecule has 0 fully saturated rings. The Hall–Kier alpha value is -1.49. The van der Waals surface area contributed by atoms with Gasteiger partial charge < -0.3 is 5.32 Å². The van der Waals surface area contributed by atoms with E-state index in [1.807, 2.05) is 6.92 Å². The van der Waals surface area contributed by atoms with Crippen LogP contribution in [0.1, 0.15) is 39.0 Å². The monoisotopic (exact) mass is 265 g/mol. The van der Waals surface area contributed by atoms with Gasteiger partial charge in [-0.1, -0.05) is 27.7 Å². The van der Waals surface area contributed by atoms with E-state index in [9.17, 15) is 10.1 Å². The molecule has 0 amide bonds. The van der Waals surface area contributed by atoms with Crippen LogP contribution in [0.25, 0.3) is 0 Å². The quantitative estimate of drug-likeness (QED) is 0.656. The van der Waals surface area contributed by atoms with Gasteiger partial charge in [-0.05, 0) is 24.4 Å². The standard InChI is InChI=1S/C14H23N3O2/c1-6-15-13(14(3,4)5)8-12-10(2)7-11(9-16-12)17(18)19/h7,9,13,15H,6,8H2,1-5H3. The van der Waals surface area contributed by atoms with E-state index in [1.165, 1.54) is 6.20 Å². The van der Waals surface area contributed by atoms with Crippen molar-refractivity contribution in [2.45, 2.75) is 47.1 Å². The fourth-order valence-corrected chi connectivity index (χ4v) is 2.03. The van der Waals surface area contributed by atoms with Gasteiger partial charge in [-0.2, -0.15) is 0 Å². The fraction of sp³-hybridized carbons (Fsp3) is 0.643. The van der Waals surface area contributed by atoms with Crippen molar-refractivity contribution in [3.8, 4) is 0 Å². The Morgan fingerprint density at radius 3 is 2.53 bits per heavy atom. The maximum absolute atomic E-state index is 10.7. The third kappa shape index (κ3) is 4.28. The van der Waals surface area contributed by atoms with Crippen molar-refractivity contribution in [1.82, 2.24) is 10.3 Å². The zero-order valence-corrected chi connectivity index (χ0v) is 12.4. The topological polar surface area (TPSA) is 68.1 Å². The molecule has 0 saturated heterocycles. The molecule has 5 nitrogen and oxygen atoms in total. The zero-order chi connectivity index (χ0) is 14.6. The number of nitrogens with one attached hydrogen (secondary N) is 1. The third-order valence-electron chi connectivity index (χ3n) is 3.28. The fourth-order valence-electron chi connectivity index (χ4n) is 2.03. The summed E-state index contributed by atoms with van der Waals surface area (Å²) in [5.74, 6) is 0. The second-order valence-electron chi connectivity index (χ2n) is 5.89. The largest absolute Gasteiger partial charge is 0.313 e. The number of nitro groups is 1. The molecule has 0 radical (unpaired) electrons. The summed E-state index contributed by atoms with van der Waals surface area (Å²) < 4.78 is 0. The Morgan fingerprint density at radius 1 is 1.47 bits per heavy atom. The number of pyridine rings is 1. The lowest BCUT2D eigenvalue weighted by Crippen LogP contribution is -2.42. The summed E-state index contributed by atoms with van der Waals surface area (Å²) in [5, 5.41) is 14.2.